The standard InChI is InChI=1S/C13H17N5O/c1-18-6-3-10(4-7-18)16-13(19)12-15-8-9-2-5-14-11(9)17-12/h2,5,8,10H,3-4,6-7H2,1H3,(H,16,19)(H,14,15,17). The zero-order valence-electron chi connectivity index (χ0n) is 10.9. The lowest BCUT2D eigenvalue weighted by molar-refractivity contribution is 0.0906. The SMILES string of the molecule is CN1CCC(NC(=O)c2ncc3cc[nH]c3n2)CC1. The first-order valence-corrected chi connectivity index (χ1v) is 6.52. The summed E-state index contributed by atoms with van der Waals surface area (Å²) in [5.74, 6) is 0.0416. The van der Waals surface area contributed by atoms with Crippen LogP contribution < -0.4 is 5.32 Å². The van der Waals surface area contributed by atoms with Crippen LogP contribution in [0.15, 0.2) is 18.5 Å². The van der Waals surface area contributed by atoms with Crippen molar-refractivity contribution in [1.29, 1.82) is 0 Å². The first-order chi connectivity index (χ1) is 9.22. The first kappa shape index (κ1) is 12.1. The van der Waals surface area contributed by atoms with E-state index in [1.807, 2.05) is 6.07 Å². The van der Waals surface area contributed by atoms with Crippen LogP contribution in [-0.2, 0) is 0 Å². The van der Waals surface area contributed by atoms with Gasteiger partial charge in [0.1, 0.15) is 5.65 Å². The molecule has 1 fully saturated rings. The van der Waals surface area contributed by atoms with Gasteiger partial charge in [0.25, 0.3) is 5.91 Å². The summed E-state index contributed by atoms with van der Waals surface area (Å²) >= 11 is 0. The lowest BCUT2D eigenvalue weighted by atomic mass is 10.1. The second-order valence-corrected chi connectivity index (χ2v) is 5.03. The molecule has 6 heteroatoms. The molecule has 0 unspecified atom stereocenters. The van der Waals surface area contributed by atoms with E-state index in [2.05, 4.69) is 32.2 Å². The Bertz CT molecular complexity index is 585. The summed E-state index contributed by atoms with van der Waals surface area (Å²) in [4.78, 5) is 25.7. The number of carbonyl (C=O) groups is 1. The van der Waals surface area contributed by atoms with Crippen molar-refractivity contribution in [2.45, 2.75) is 18.9 Å². The van der Waals surface area contributed by atoms with E-state index < -0.39 is 0 Å². The number of nitrogens with zero attached hydrogens (tertiary/aromatic N) is 3. The minimum absolute atomic E-state index is 0.189. The molecule has 100 valence electrons. The van der Waals surface area contributed by atoms with E-state index in [0.717, 1.165) is 31.3 Å². The predicted molar refractivity (Wildman–Crippen MR) is 71.9 cm³/mol. The molecule has 2 aromatic rings. The zero-order valence-corrected chi connectivity index (χ0v) is 10.9. The Morgan fingerprint density at radius 1 is 1.47 bits per heavy atom. The average Bonchev–Trinajstić information content (AvgIpc) is 2.88. The molecule has 0 aromatic carbocycles. The quantitative estimate of drug-likeness (QED) is 0.836. The van der Waals surface area contributed by atoms with Crippen LogP contribution in [0.5, 0.6) is 0 Å². The largest absolute Gasteiger partial charge is 0.346 e. The van der Waals surface area contributed by atoms with Crippen LogP contribution in [0.2, 0.25) is 0 Å². The third-order valence-corrected chi connectivity index (χ3v) is 3.56. The van der Waals surface area contributed by atoms with E-state index in [0.29, 0.717) is 5.65 Å². The van der Waals surface area contributed by atoms with Crippen molar-refractivity contribution < 1.29 is 4.79 Å². The van der Waals surface area contributed by atoms with Crippen LogP contribution in [-0.4, -0.2) is 51.9 Å². The number of aromatic amines is 1. The van der Waals surface area contributed by atoms with Crippen molar-refractivity contribution in [3.05, 3.63) is 24.3 Å². The smallest absolute Gasteiger partial charge is 0.289 e. The fourth-order valence-electron chi connectivity index (χ4n) is 2.35. The van der Waals surface area contributed by atoms with E-state index in [-0.39, 0.29) is 17.8 Å². The highest BCUT2D eigenvalue weighted by molar-refractivity contribution is 5.92. The Balaban J connectivity index is 1.69. The van der Waals surface area contributed by atoms with E-state index >= 15 is 0 Å². The summed E-state index contributed by atoms with van der Waals surface area (Å²) in [7, 11) is 2.10. The van der Waals surface area contributed by atoms with Gasteiger partial charge in [-0.3, -0.25) is 4.79 Å². The van der Waals surface area contributed by atoms with Crippen LogP contribution in [0.4, 0.5) is 0 Å². The lowest BCUT2D eigenvalue weighted by Gasteiger charge is -2.29. The summed E-state index contributed by atoms with van der Waals surface area (Å²) < 4.78 is 0. The van der Waals surface area contributed by atoms with Gasteiger partial charge in [-0.25, -0.2) is 9.97 Å². The number of likely N-dealkylation sites (tertiary alicyclic amines) is 1. The van der Waals surface area contributed by atoms with Crippen LogP contribution in [0.3, 0.4) is 0 Å². The normalized spacial score (nSPS) is 17.7. The molecule has 2 N–H and O–H groups in total. The molecule has 0 atom stereocenters. The average molecular weight is 259 g/mol. The van der Waals surface area contributed by atoms with E-state index in [1.54, 1.807) is 12.4 Å². The van der Waals surface area contributed by atoms with Gasteiger partial charge in [0.05, 0.1) is 0 Å². The molecule has 0 aliphatic carbocycles. The maximum absolute atomic E-state index is 12.1. The fraction of sp³-hybridized carbons (Fsp3) is 0.462. The second-order valence-electron chi connectivity index (χ2n) is 5.03. The number of nitrogens with one attached hydrogen (secondary N) is 2. The van der Waals surface area contributed by atoms with E-state index in [4.69, 9.17) is 0 Å². The van der Waals surface area contributed by atoms with Crippen LogP contribution >= 0.6 is 0 Å². The number of H-pyrrole nitrogens is 1. The second kappa shape index (κ2) is 4.97. The van der Waals surface area contributed by atoms with Gasteiger partial charge in [0, 0.05) is 23.8 Å². The van der Waals surface area contributed by atoms with Crippen LogP contribution in [0.25, 0.3) is 11.0 Å². The van der Waals surface area contributed by atoms with Crippen molar-refractivity contribution in [1.82, 2.24) is 25.2 Å². The maximum atomic E-state index is 12.1. The molecule has 0 bridgehead atoms. The van der Waals surface area contributed by atoms with Crippen molar-refractivity contribution >= 4 is 16.9 Å². The monoisotopic (exact) mass is 259 g/mol. The molecular formula is C13H17N5O. The number of amides is 1. The number of aromatic nitrogens is 3. The molecule has 6 nitrogen and oxygen atoms in total. The Labute approximate surface area is 111 Å². The molecule has 0 spiro atoms. The number of hydrogen-bond acceptors (Lipinski definition) is 4. The number of fused-ring (bicyclic) bond motifs is 1. The lowest BCUT2D eigenvalue weighted by Crippen LogP contribution is -2.43. The highest BCUT2D eigenvalue weighted by atomic mass is 16.2. The molecule has 3 rings (SSSR count). The van der Waals surface area contributed by atoms with Gasteiger partial charge in [0.2, 0.25) is 5.82 Å². The summed E-state index contributed by atoms with van der Waals surface area (Å²) in [6, 6.07) is 2.11. The van der Waals surface area contributed by atoms with Crippen LogP contribution in [0.1, 0.15) is 23.5 Å². The Morgan fingerprint density at radius 3 is 3.05 bits per heavy atom. The van der Waals surface area contributed by atoms with Crippen molar-refractivity contribution in [3.63, 3.8) is 0 Å². The number of piperidine rings is 1. The molecule has 2 aromatic heterocycles. The van der Waals surface area contributed by atoms with Crippen molar-refractivity contribution in [2.24, 2.45) is 0 Å². The first-order valence-electron chi connectivity index (χ1n) is 6.52. The molecule has 1 saturated heterocycles. The molecular weight excluding hydrogens is 242 g/mol. The maximum Gasteiger partial charge on any atom is 0.289 e. The van der Waals surface area contributed by atoms with Crippen molar-refractivity contribution in [2.75, 3.05) is 20.1 Å². The third-order valence-electron chi connectivity index (χ3n) is 3.56. The van der Waals surface area contributed by atoms with Gasteiger partial charge in [0.15, 0.2) is 0 Å². The van der Waals surface area contributed by atoms with Crippen LogP contribution in [0, 0.1) is 0 Å². The third kappa shape index (κ3) is 2.58. The van der Waals surface area contributed by atoms with Gasteiger partial charge in [-0.1, -0.05) is 0 Å². The minimum atomic E-state index is -0.189. The van der Waals surface area contributed by atoms with E-state index in [1.165, 1.54) is 0 Å². The van der Waals surface area contributed by atoms with Gasteiger partial charge in [-0.15, -0.1) is 0 Å². The topological polar surface area (TPSA) is 73.9 Å². The number of carbonyl (C=O) groups excluding carboxylic acids is 1. The Morgan fingerprint density at radius 2 is 2.26 bits per heavy atom. The van der Waals surface area contributed by atoms with Gasteiger partial charge in [-0.05, 0) is 39.0 Å². The highest BCUT2D eigenvalue weighted by Gasteiger charge is 2.20. The van der Waals surface area contributed by atoms with E-state index in [9.17, 15) is 4.79 Å². The molecule has 1 amide bonds. The Kier molecular flexibility index (Phi) is 3.16. The summed E-state index contributed by atoms with van der Waals surface area (Å²) in [6.07, 6.45) is 5.42. The van der Waals surface area contributed by atoms with Crippen molar-refractivity contribution in [3.8, 4) is 0 Å². The van der Waals surface area contributed by atoms with Gasteiger partial charge in [-0.2, -0.15) is 0 Å². The highest BCUT2D eigenvalue weighted by Crippen LogP contribution is 2.10. The Hall–Kier alpha value is -1.95. The molecule has 1 aliphatic rings. The number of rotatable bonds is 2. The minimum Gasteiger partial charge on any atom is -0.346 e. The molecule has 0 saturated carbocycles. The molecule has 3 heterocycles. The predicted octanol–water partition coefficient (Wildman–Crippen LogP) is 0.782. The van der Waals surface area contributed by atoms with Gasteiger partial charge < -0.3 is 15.2 Å². The molecule has 0 radical (unpaired) electrons. The summed E-state index contributed by atoms with van der Waals surface area (Å²) in [5.41, 5.74) is 0.698. The van der Waals surface area contributed by atoms with Gasteiger partial charge >= 0.3 is 0 Å². The number of hydrogen-bond donors (Lipinski definition) is 2. The zero-order chi connectivity index (χ0) is 13.2. The molecule has 19 heavy (non-hydrogen) atoms. The molecule has 1 aliphatic heterocycles. The summed E-state index contributed by atoms with van der Waals surface area (Å²) in [5, 5.41) is 3.92. The fourth-order valence-corrected chi connectivity index (χ4v) is 2.35. The summed E-state index contributed by atoms with van der Waals surface area (Å²) in [6.45, 7) is 2.03.